The van der Waals surface area contributed by atoms with E-state index in [0.29, 0.717) is 0 Å². The molecule has 0 radical (unpaired) electrons. The van der Waals surface area contributed by atoms with Gasteiger partial charge in [-0.25, -0.2) is 0 Å². The lowest BCUT2D eigenvalue weighted by Gasteiger charge is -2.23. The Morgan fingerprint density at radius 1 is 1.58 bits per heavy atom. The molecule has 1 rings (SSSR count). The Labute approximate surface area is 70.8 Å². The van der Waals surface area contributed by atoms with Crippen LogP contribution in [0, 0.1) is 12.3 Å². The first-order valence-electron chi connectivity index (χ1n) is 3.70. The summed E-state index contributed by atoms with van der Waals surface area (Å²) in [4.78, 5) is 0. The minimum Gasteiger partial charge on any atom is -0.392 e. The van der Waals surface area contributed by atoms with Gasteiger partial charge in [0.15, 0.2) is 5.60 Å². The predicted octanol–water partition coefficient (Wildman–Crippen LogP) is -1.51. The van der Waals surface area contributed by atoms with Gasteiger partial charge in [0.1, 0.15) is 12.2 Å². The zero-order valence-electron chi connectivity index (χ0n) is 6.77. The van der Waals surface area contributed by atoms with Gasteiger partial charge in [0.2, 0.25) is 0 Å². The van der Waals surface area contributed by atoms with Crippen LogP contribution in [0.1, 0.15) is 6.92 Å². The molecule has 0 aromatic rings. The summed E-state index contributed by atoms with van der Waals surface area (Å²) in [5, 5.41) is 27.6. The molecular formula is C8H12O4. The normalized spacial score (nSPS) is 47.4. The van der Waals surface area contributed by atoms with Crippen molar-refractivity contribution < 1.29 is 20.1 Å². The standard InChI is InChI=1S/C8H12O4/c1-3-8(4-9)7(11)6(10)5(2)12-8/h1,5-7,9-11H,4H2,2H3/t5-,6?,7+,8+/m0/s1. The smallest absolute Gasteiger partial charge is 0.179 e. The Kier molecular flexibility index (Phi) is 2.40. The Balaban J connectivity index is 2.89. The first-order valence-corrected chi connectivity index (χ1v) is 3.70. The van der Waals surface area contributed by atoms with Crippen molar-refractivity contribution in [3.05, 3.63) is 0 Å². The monoisotopic (exact) mass is 172 g/mol. The molecule has 0 saturated carbocycles. The lowest BCUT2D eigenvalue weighted by molar-refractivity contribution is -0.0674. The molecule has 0 amide bonds. The van der Waals surface area contributed by atoms with Crippen LogP contribution in [0.5, 0.6) is 0 Å². The maximum atomic E-state index is 9.40. The lowest BCUT2D eigenvalue weighted by Crippen LogP contribution is -2.44. The molecule has 0 aliphatic carbocycles. The van der Waals surface area contributed by atoms with Gasteiger partial charge in [0.05, 0.1) is 12.7 Å². The number of rotatable bonds is 1. The molecule has 1 fully saturated rings. The third kappa shape index (κ3) is 1.11. The van der Waals surface area contributed by atoms with Gasteiger partial charge >= 0.3 is 0 Å². The zero-order chi connectivity index (χ0) is 9.35. The first kappa shape index (κ1) is 9.49. The van der Waals surface area contributed by atoms with E-state index in [9.17, 15) is 10.2 Å². The number of hydrogen-bond acceptors (Lipinski definition) is 4. The molecule has 3 N–H and O–H groups in total. The average molecular weight is 172 g/mol. The van der Waals surface area contributed by atoms with Crippen LogP contribution in [0.25, 0.3) is 0 Å². The number of aliphatic hydroxyl groups is 3. The van der Waals surface area contributed by atoms with E-state index < -0.39 is 30.5 Å². The molecule has 4 atom stereocenters. The quantitative estimate of drug-likeness (QED) is 0.421. The van der Waals surface area contributed by atoms with E-state index >= 15 is 0 Å². The van der Waals surface area contributed by atoms with Crippen molar-refractivity contribution in [3.63, 3.8) is 0 Å². The molecule has 12 heavy (non-hydrogen) atoms. The van der Waals surface area contributed by atoms with Crippen LogP contribution in [-0.2, 0) is 4.74 Å². The van der Waals surface area contributed by atoms with E-state index in [2.05, 4.69) is 5.92 Å². The van der Waals surface area contributed by atoms with Crippen molar-refractivity contribution in [1.29, 1.82) is 0 Å². The third-order valence-corrected chi connectivity index (χ3v) is 2.16. The summed E-state index contributed by atoms with van der Waals surface area (Å²) in [6, 6.07) is 0. The molecule has 1 aliphatic heterocycles. The topological polar surface area (TPSA) is 69.9 Å². The molecular weight excluding hydrogens is 160 g/mol. The molecule has 1 saturated heterocycles. The summed E-state index contributed by atoms with van der Waals surface area (Å²) in [5.41, 5.74) is -1.43. The van der Waals surface area contributed by atoms with E-state index in [4.69, 9.17) is 16.3 Å². The van der Waals surface area contributed by atoms with Gasteiger partial charge in [-0.2, -0.15) is 0 Å². The molecule has 1 aliphatic rings. The summed E-state index contributed by atoms with van der Waals surface area (Å²) in [5.74, 6) is 2.16. The second kappa shape index (κ2) is 3.04. The highest BCUT2D eigenvalue weighted by Gasteiger charge is 2.51. The van der Waals surface area contributed by atoms with Crippen LogP contribution in [0.15, 0.2) is 0 Å². The van der Waals surface area contributed by atoms with Gasteiger partial charge in [-0.05, 0) is 6.92 Å². The highest BCUT2D eigenvalue weighted by atomic mass is 16.6. The summed E-state index contributed by atoms with van der Waals surface area (Å²) < 4.78 is 5.09. The van der Waals surface area contributed by atoms with Crippen LogP contribution >= 0.6 is 0 Å². The molecule has 0 spiro atoms. The summed E-state index contributed by atoms with van der Waals surface area (Å²) in [7, 11) is 0. The van der Waals surface area contributed by atoms with Gasteiger partial charge in [-0.3, -0.25) is 0 Å². The van der Waals surface area contributed by atoms with Crippen molar-refractivity contribution in [3.8, 4) is 12.3 Å². The Morgan fingerprint density at radius 3 is 2.33 bits per heavy atom. The van der Waals surface area contributed by atoms with Gasteiger partial charge in [-0.15, -0.1) is 6.42 Å². The molecule has 0 aromatic heterocycles. The molecule has 0 aromatic carbocycles. The second-order valence-electron chi connectivity index (χ2n) is 2.95. The number of terminal acetylenes is 1. The van der Waals surface area contributed by atoms with E-state index in [-0.39, 0.29) is 0 Å². The molecule has 1 heterocycles. The Morgan fingerprint density at radius 2 is 2.17 bits per heavy atom. The number of aliphatic hydroxyl groups excluding tert-OH is 3. The van der Waals surface area contributed by atoms with E-state index in [1.54, 1.807) is 6.92 Å². The van der Waals surface area contributed by atoms with Gasteiger partial charge in [0.25, 0.3) is 0 Å². The van der Waals surface area contributed by atoms with Crippen molar-refractivity contribution in [2.24, 2.45) is 0 Å². The maximum absolute atomic E-state index is 9.40. The first-order chi connectivity index (χ1) is 5.57. The minimum atomic E-state index is -1.43. The fourth-order valence-electron chi connectivity index (χ4n) is 1.30. The summed E-state index contributed by atoms with van der Waals surface area (Å²) in [6.07, 6.45) is 2.28. The van der Waals surface area contributed by atoms with Crippen LogP contribution in [0.3, 0.4) is 0 Å². The van der Waals surface area contributed by atoms with Gasteiger partial charge < -0.3 is 20.1 Å². The predicted molar refractivity (Wildman–Crippen MR) is 41.2 cm³/mol. The third-order valence-electron chi connectivity index (χ3n) is 2.16. The zero-order valence-corrected chi connectivity index (χ0v) is 6.77. The fourth-order valence-corrected chi connectivity index (χ4v) is 1.30. The number of ether oxygens (including phenoxy) is 1. The molecule has 4 nitrogen and oxygen atoms in total. The van der Waals surface area contributed by atoms with E-state index in [1.165, 1.54) is 0 Å². The van der Waals surface area contributed by atoms with Crippen molar-refractivity contribution in [2.45, 2.75) is 30.8 Å². The van der Waals surface area contributed by atoms with Crippen molar-refractivity contribution in [1.82, 2.24) is 0 Å². The Hall–Kier alpha value is -0.600. The number of hydrogen-bond donors (Lipinski definition) is 3. The highest BCUT2D eigenvalue weighted by molar-refractivity contribution is 5.18. The van der Waals surface area contributed by atoms with Gasteiger partial charge in [-0.1, -0.05) is 5.92 Å². The van der Waals surface area contributed by atoms with E-state index in [0.717, 1.165) is 0 Å². The van der Waals surface area contributed by atoms with Gasteiger partial charge in [0, 0.05) is 0 Å². The average Bonchev–Trinajstić information content (AvgIpc) is 2.30. The van der Waals surface area contributed by atoms with Crippen LogP contribution in [0.2, 0.25) is 0 Å². The van der Waals surface area contributed by atoms with Crippen LogP contribution in [0.4, 0.5) is 0 Å². The largest absolute Gasteiger partial charge is 0.392 e. The van der Waals surface area contributed by atoms with Crippen molar-refractivity contribution in [2.75, 3.05) is 6.61 Å². The van der Waals surface area contributed by atoms with Crippen LogP contribution in [-0.4, -0.2) is 45.8 Å². The fraction of sp³-hybridized carbons (Fsp3) is 0.750. The summed E-state index contributed by atoms with van der Waals surface area (Å²) >= 11 is 0. The molecule has 0 bridgehead atoms. The maximum Gasteiger partial charge on any atom is 0.179 e. The van der Waals surface area contributed by atoms with E-state index in [1.807, 2.05) is 0 Å². The molecule has 4 heteroatoms. The minimum absolute atomic E-state index is 0.494. The second-order valence-corrected chi connectivity index (χ2v) is 2.95. The Bertz CT molecular complexity index is 210. The van der Waals surface area contributed by atoms with Crippen LogP contribution < -0.4 is 0 Å². The lowest BCUT2D eigenvalue weighted by atomic mass is 9.96. The summed E-state index contributed by atoms with van der Waals surface area (Å²) in [6.45, 7) is 1.09. The molecule has 1 unspecified atom stereocenters. The highest BCUT2D eigenvalue weighted by Crippen LogP contribution is 2.30. The SMILES string of the molecule is C#C[C@]1(CO)O[C@@H](C)C(O)[C@H]1O. The molecule has 68 valence electrons. The van der Waals surface area contributed by atoms with Crippen molar-refractivity contribution >= 4 is 0 Å².